The van der Waals surface area contributed by atoms with Crippen LogP contribution in [0.3, 0.4) is 0 Å². The highest BCUT2D eigenvalue weighted by Crippen LogP contribution is 2.28. The first-order valence-corrected chi connectivity index (χ1v) is 9.56. The highest BCUT2D eigenvalue weighted by molar-refractivity contribution is 5.92. The standard InChI is InChI=1S/C19H26O12/c1-27-17(26)8-4-2-3-5-9(8)29-19-16(25)14(23)13(22)11(31-19)7-28-18-15(24)12(21)10(6-20)30-18/h2-5,10-16,18-25H,6-7H2,1H3/t10-,11-,12+,13-,14+,15-,16-,18-,19-/m0/s1. The lowest BCUT2D eigenvalue weighted by Gasteiger charge is -2.40. The normalized spacial score (nSPS) is 38.1. The lowest BCUT2D eigenvalue weighted by atomic mass is 9.99. The van der Waals surface area contributed by atoms with Crippen LogP contribution in [0, 0.1) is 0 Å². The highest BCUT2D eigenvalue weighted by Gasteiger charge is 2.47. The first-order chi connectivity index (χ1) is 14.8. The number of rotatable bonds is 7. The highest BCUT2D eigenvalue weighted by atomic mass is 16.7. The van der Waals surface area contributed by atoms with E-state index < -0.39 is 74.5 Å². The molecule has 0 unspecified atom stereocenters. The van der Waals surface area contributed by atoms with E-state index in [1.54, 1.807) is 12.1 Å². The molecule has 0 bridgehead atoms. The van der Waals surface area contributed by atoms with Crippen LogP contribution in [0.2, 0.25) is 0 Å². The molecule has 12 heteroatoms. The maximum atomic E-state index is 11.9. The minimum absolute atomic E-state index is 0.0186. The van der Waals surface area contributed by atoms with Crippen LogP contribution in [-0.2, 0) is 18.9 Å². The number of esters is 1. The van der Waals surface area contributed by atoms with Gasteiger partial charge in [0.1, 0.15) is 54.0 Å². The van der Waals surface area contributed by atoms with Gasteiger partial charge in [0.15, 0.2) is 6.29 Å². The van der Waals surface area contributed by atoms with Gasteiger partial charge in [0.05, 0.1) is 20.3 Å². The summed E-state index contributed by atoms with van der Waals surface area (Å²) in [6.45, 7) is -0.961. The van der Waals surface area contributed by atoms with Crippen LogP contribution in [-0.4, -0.2) is 112 Å². The molecule has 0 radical (unpaired) electrons. The number of carbonyl (C=O) groups excluding carboxylic acids is 1. The van der Waals surface area contributed by atoms with Crippen LogP contribution < -0.4 is 4.74 Å². The Bertz CT molecular complexity index is 744. The zero-order valence-electron chi connectivity index (χ0n) is 16.6. The quantitative estimate of drug-likeness (QED) is 0.235. The second-order valence-electron chi connectivity index (χ2n) is 7.16. The van der Waals surface area contributed by atoms with E-state index in [0.717, 1.165) is 0 Å². The summed E-state index contributed by atoms with van der Waals surface area (Å²) in [6, 6.07) is 6.02. The third-order valence-corrected chi connectivity index (χ3v) is 5.13. The second kappa shape index (κ2) is 10.2. The molecule has 2 aliphatic heterocycles. The molecule has 0 aromatic heterocycles. The first kappa shape index (κ1) is 23.8. The number of methoxy groups -OCH3 is 1. The van der Waals surface area contributed by atoms with Gasteiger partial charge in [-0.3, -0.25) is 0 Å². The molecule has 1 aromatic carbocycles. The summed E-state index contributed by atoms with van der Waals surface area (Å²) in [7, 11) is 1.19. The van der Waals surface area contributed by atoms with Gasteiger partial charge in [0.2, 0.25) is 6.29 Å². The molecule has 12 nitrogen and oxygen atoms in total. The molecular formula is C19H26O12. The van der Waals surface area contributed by atoms with E-state index in [1.807, 2.05) is 0 Å². The van der Waals surface area contributed by atoms with Gasteiger partial charge in [-0.05, 0) is 12.1 Å². The molecule has 31 heavy (non-hydrogen) atoms. The molecule has 0 amide bonds. The average Bonchev–Trinajstić information content (AvgIpc) is 3.06. The summed E-state index contributed by atoms with van der Waals surface area (Å²) in [4.78, 5) is 11.9. The molecule has 9 atom stereocenters. The second-order valence-corrected chi connectivity index (χ2v) is 7.16. The number of carbonyl (C=O) groups is 1. The molecule has 6 N–H and O–H groups in total. The average molecular weight is 446 g/mol. The molecule has 174 valence electrons. The predicted octanol–water partition coefficient (Wildman–Crippen LogP) is -2.88. The fourth-order valence-corrected chi connectivity index (χ4v) is 3.32. The lowest BCUT2D eigenvalue weighted by Crippen LogP contribution is -2.60. The summed E-state index contributed by atoms with van der Waals surface area (Å²) in [5.41, 5.74) is 0.0562. The summed E-state index contributed by atoms with van der Waals surface area (Å²) in [5, 5.41) is 59.5. The summed E-state index contributed by atoms with van der Waals surface area (Å²) >= 11 is 0. The molecule has 1 aromatic rings. The fourth-order valence-electron chi connectivity index (χ4n) is 3.32. The van der Waals surface area contributed by atoms with Gasteiger partial charge < -0.3 is 54.3 Å². The molecule has 2 fully saturated rings. The largest absolute Gasteiger partial charge is 0.465 e. The smallest absolute Gasteiger partial charge is 0.341 e. The van der Waals surface area contributed by atoms with E-state index in [0.29, 0.717) is 0 Å². The number of para-hydroxylation sites is 1. The zero-order chi connectivity index (χ0) is 22.7. The van der Waals surface area contributed by atoms with Gasteiger partial charge in [-0.2, -0.15) is 0 Å². The number of aliphatic hydroxyl groups excluding tert-OH is 6. The van der Waals surface area contributed by atoms with Crippen LogP contribution in [0.15, 0.2) is 24.3 Å². The number of benzene rings is 1. The summed E-state index contributed by atoms with van der Waals surface area (Å²) in [6.07, 6.45) is -12.8. The zero-order valence-corrected chi connectivity index (χ0v) is 16.6. The molecular weight excluding hydrogens is 420 g/mol. The van der Waals surface area contributed by atoms with Crippen molar-refractivity contribution in [1.82, 2.24) is 0 Å². The van der Waals surface area contributed by atoms with Crippen molar-refractivity contribution in [3.63, 3.8) is 0 Å². The monoisotopic (exact) mass is 446 g/mol. The van der Waals surface area contributed by atoms with Crippen molar-refractivity contribution in [3.05, 3.63) is 29.8 Å². The molecule has 2 heterocycles. The van der Waals surface area contributed by atoms with Gasteiger partial charge in [-0.1, -0.05) is 12.1 Å². The third kappa shape index (κ3) is 4.98. The van der Waals surface area contributed by atoms with E-state index in [4.69, 9.17) is 24.1 Å². The van der Waals surface area contributed by atoms with Gasteiger partial charge in [-0.25, -0.2) is 4.79 Å². The molecule has 2 saturated heterocycles. The Hall–Kier alpha value is -1.87. The van der Waals surface area contributed by atoms with Crippen LogP contribution in [0.4, 0.5) is 0 Å². The van der Waals surface area contributed by atoms with Crippen molar-refractivity contribution in [2.24, 2.45) is 0 Å². The van der Waals surface area contributed by atoms with E-state index >= 15 is 0 Å². The lowest BCUT2D eigenvalue weighted by molar-refractivity contribution is -0.290. The Kier molecular flexibility index (Phi) is 7.80. The van der Waals surface area contributed by atoms with Crippen molar-refractivity contribution < 1.29 is 59.1 Å². The Balaban J connectivity index is 1.68. The summed E-state index contributed by atoms with van der Waals surface area (Å²) in [5.74, 6) is -0.671. The van der Waals surface area contributed by atoms with Crippen LogP contribution in [0.1, 0.15) is 10.4 Å². The van der Waals surface area contributed by atoms with Gasteiger partial charge in [0.25, 0.3) is 0 Å². The van der Waals surface area contributed by atoms with Crippen molar-refractivity contribution in [1.29, 1.82) is 0 Å². The Morgan fingerprint density at radius 2 is 1.52 bits per heavy atom. The maximum Gasteiger partial charge on any atom is 0.341 e. The van der Waals surface area contributed by atoms with Crippen molar-refractivity contribution in [3.8, 4) is 5.75 Å². The predicted molar refractivity (Wildman–Crippen MR) is 98.8 cm³/mol. The Morgan fingerprint density at radius 3 is 2.16 bits per heavy atom. The first-order valence-electron chi connectivity index (χ1n) is 9.56. The van der Waals surface area contributed by atoms with E-state index in [2.05, 4.69) is 4.74 Å². The maximum absolute atomic E-state index is 11.9. The SMILES string of the molecule is COC(=O)c1ccccc1O[C@H]1O[C@@H](CO[C@H]2O[C@@H](CO)[C@@H](O)[C@@H]2O)[C@H](O)[C@@H](O)[C@@H]1O. The van der Waals surface area contributed by atoms with Crippen LogP contribution in [0.5, 0.6) is 5.75 Å². The molecule has 3 rings (SSSR count). The number of aliphatic hydroxyl groups is 6. The number of hydrogen-bond acceptors (Lipinski definition) is 12. The van der Waals surface area contributed by atoms with E-state index in [1.165, 1.54) is 19.2 Å². The summed E-state index contributed by atoms with van der Waals surface area (Å²) < 4.78 is 26.3. The number of ether oxygens (including phenoxy) is 5. The van der Waals surface area contributed by atoms with Crippen LogP contribution >= 0.6 is 0 Å². The fraction of sp³-hybridized carbons (Fsp3) is 0.632. The molecule has 0 saturated carbocycles. The van der Waals surface area contributed by atoms with Crippen molar-refractivity contribution in [2.45, 2.75) is 55.3 Å². The molecule has 0 aliphatic carbocycles. The van der Waals surface area contributed by atoms with Gasteiger partial charge in [0, 0.05) is 0 Å². The van der Waals surface area contributed by atoms with Gasteiger partial charge >= 0.3 is 5.97 Å². The van der Waals surface area contributed by atoms with E-state index in [-0.39, 0.29) is 11.3 Å². The van der Waals surface area contributed by atoms with Gasteiger partial charge in [-0.15, -0.1) is 0 Å². The topological polar surface area (TPSA) is 185 Å². The van der Waals surface area contributed by atoms with Crippen molar-refractivity contribution in [2.75, 3.05) is 20.3 Å². The molecule has 2 aliphatic rings. The van der Waals surface area contributed by atoms with Crippen LogP contribution in [0.25, 0.3) is 0 Å². The number of hydrogen-bond donors (Lipinski definition) is 6. The Labute approximate surface area is 177 Å². The minimum atomic E-state index is -1.68. The Morgan fingerprint density at radius 1 is 0.903 bits per heavy atom. The molecule has 0 spiro atoms. The third-order valence-electron chi connectivity index (χ3n) is 5.13. The van der Waals surface area contributed by atoms with Crippen molar-refractivity contribution >= 4 is 5.97 Å². The van der Waals surface area contributed by atoms with E-state index in [9.17, 15) is 30.3 Å². The minimum Gasteiger partial charge on any atom is -0.465 e.